The van der Waals surface area contributed by atoms with E-state index in [9.17, 15) is 14.4 Å². The quantitative estimate of drug-likeness (QED) is 0.603. The molecule has 1 saturated heterocycles. The van der Waals surface area contributed by atoms with Crippen molar-refractivity contribution in [2.75, 3.05) is 38.0 Å². The molecule has 1 heterocycles. The summed E-state index contributed by atoms with van der Waals surface area (Å²) in [4.78, 5) is 38.9. The third-order valence-electron chi connectivity index (χ3n) is 4.76. The minimum Gasteiger partial charge on any atom is -0.480 e. The van der Waals surface area contributed by atoms with Crippen LogP contribution in [0.25, 0.3) is 0 Å². The average molecular weight is 413 g/mol. The lowest BCUT2D eigenvalue weighted by Gasteiger charge is -2.37. The van der Waals surface area contributed by atoms with Crippen molar-refractivity contribution in [3.8, 4) is 0 Å². The fraction of sp³-hybridized carbons (Fsp3) is 0.526. The smallest absolute Gasteiger partial charge is 0.325 e. The molecule has 0 aliphatic carbocycles. The molecular formula is C19H29ClN4O4. The average Bonchev–Trinajstić information content (AvgIpc) is 2.65. The lowest BCUT2D eigenvalue weighted by atomic mass is 10.0. The van der Waals surface area contributed by atoms with Gasteiger partial charge in [-0.25, -0.2) is 4.79 Å². The van der Waals surface area contributed by atoms with E-state index in [1.54, 1.807) is 24.3 Å². The van der Waals surface area contributed by atoms with Gasteiger partial charge in [0.15, 0.2) is 0 Å². The van der Waals surface area contributed by atoms with E-state index in [0.717, 1.165) is 32.5 Å². The highest BCUT2D eigenvalue weighted by molar-refractivity contribution is 6.01. The summed E-state index contributed by atoms with van der Waals surface area (Å²) in [5, 5.41) is 13.9. The van der Waals surface area contributed by atoms with Gasteiger partial charge in [-0.1, -0.05) is 25.1 Å². The molecule has 9 heteroatoms. The molecule has 1 aliphatic heterocycles. The number of aliphatic carboxylic acids is 1. The molecule has 1 aliphatic rings. The maximum absolute atomic E-state index is 12.0. The molecule has 0 unspecified atom stereocenters. The number of nitrogens with zero attached hydrogens (tertiary/aromatic N) is 2. The number of carbonyl (C=O) groups is 3. The van der Waals surface area contributed by atoms with Gasteiger partial charge in [0.05, 0.1) is 6.54 Å². The zero-order valence-corrected chi connectivity index (χ0v) is 16.9. The first-order valence-electron chi connectivity index (χ1n) is 9.32. The Hall–Kier alpha value is -2.16. The van der Waals surface area contributed by atoms with Gasteiger partial charge < -0.3 is 15.3 Å². The van der Waals surface area contributed by atoms with Crippen LogP contribution in [0, 0.1) is 0 Å². The largest absolute Gasteiger partial charge is 0.480 e. The fourth-order valence-corrected chi connectivity index (χ4v) is 3.31. The number of likely N-dealkylation sites (N-methyl/N-ethyl adjacent to an activating group) is 1. The van der Waals surface area contributed by atoms with Crippen LogP contribution in [0.1, 0.15) is 26.2 Å². The number of hydrogen-bond acceptors (Lipinski definition) is 5. The number of rotatable bonds is 8. The van der Waals surface area contributed by atoms with Crippen LogP contribution in [0.15, 0.2) is 30.3 Å². The summed E-state index contributed by atoms with van der Waals surface area (Å²) in [7, 11) is 0. The highest BCUT2D eigenvalue weighted by atomic mass is 35.5. The van der Waals surface area contributed by atoms with Gasteiger partial charge >= 0.3 is 12.0 Å². The van der Waals surface area contributed by atoms with E-state index in [-0.39, 0.29) is 37.3 Å². The summed E-state index contributed by atoms with van der Waals surface area (Å²) >= 11 is 0. The molecule has 3 N–H and O–H groups in total. The maximum atomic E-state index is 12.0. The van der Waals surface area contributed by atoms with Crippen molar-refractivity contribution in [1.82, 2.24) is 15.1 Å². The van der Waals surface area contributed by atoms with E-state index < -0.39 is 12.0 Å². The van der Waals surface area contributed by atoms with E-state index in [2.05, 4.69) is 15.5 Å². The summed E-state index contributed by atoms with van der Waals surface area (Å²) in [6, 6.07) is 8.69. The molecule has 28 heavy (non-hydrogen) atoms. The lowest BCUT2D eigenvalue weighted by molar-refractivity contribution is -0.139. The topological polar surface area (TPSA) is 102 Å². The highest BCUT2D eigenvalue weighted by Gasteiger charge is 2.25. The van der Waals surface area contributed by atoms with Crippen molar-refractivity contribution in [2.45, 2.75) is 32.2 Å². The van der Waals surface area contributed by atoms with E-state index in [1.807, 2.05) is 17.9 Å². The van der Waals surface area contributed by atoms with E-state index in [0.29, 0.717) is 12.2 Å². The van der Waals surface area contributed by atoms with Crippen molar-refractivity contribution >= 4 is 36.0 Å². The molecule has 1 fully saturated rings. The number of para-hydroxylation sites is 1. The molecule has 1 aromatic carbocycles. The lowest BCUT2D eigenvalue weighted by Crippen LogP contribution is -2.47. The number of likely N-dealkylation sites (tertiary alicyclic amines) is 1. The van der Waals surface area contributed by atoms with Crippen LogP contribution in [-0.4, -0.2) is 71.6 Å². The normalized spacial score (nSPS) is 14.9. The predicted octanol–water partition coefficient (Wildman–Crippen LogP) is 2.02. The number of carbonyl (C=O) groups excluding carboxylic acids is 2. The number of piperidine rings is 1. The van der Waals surface area contributed by atoms with Crippen LogP contribution in [-0.2, 0) is 9.59 Å². The van der Waals surface area contributed by atoms with E-state index in [4.69, 9.17) is 5.11 Å². The second kappa shape index (κ2) is 12.3. The van der Waals surface area contributed by atoms with Gasteiger partial charge in [-0.05, 0) is 44.6 Å². The van der Waals surface area contributed by atoms with Gasteiger partial charge in [0, 0.05) is 24.7 Å². The Kier molecular flexibility index (Phi) is 10.5. The third kappa shape index (κ3) is 8.24. The van der Waals surface area contributed by atoms with Gasteiger partial charge in [-0.15, -0.1) is 12.4 Å². The van der Waals surface area contributed by atoms with Crippen LogP contribution < -0.4 is 10.6 Å². The molecule has 1 aromatic rings. The second-order valence-electron chi connectivity index (χ2n) is 6.65. The first-order valence-corrected chi connectivity index (χ1v) is 9.32. The minimum atomic E-state index is -0.801. The molecule has 156 valence electrons. The molecule has 0 radical (unpaired) electrons. The number of amides is 3. The number of imide groups is 1. The van der Waals surface area contributed by atoms with Crippen molar-refractivity contribution in [2.24, 2.45) is 0 Å². The zero-order valence-electron chi connectivity index (χ0n) is 16.1. The van der Waals surface area contributed by atoms with Crippen LogP contribution in [0.5, 0.6) is 0 Å². The monoisotopic (exact) mass is 412 g/mol. The number of anilines is 1. The predicted molar refractivity (Wildman–Crippen MR) is 110 cm³/mol. The SMILES string of the molecule is CCN(CC(=O)O)C1CCN(CCC(=O)NC(=O)Nc2ccccc2)CC1.Cl. The summed E-state index contributed by atoms with van der Waals surface area (Å²) in [5.41, 5.74) is 0.631. The Bertz CT molecular complexity index is 636. The molecular weight excluding hydrogens is 384 g/mol. The van der Waals surface area contributed by atoms with Crippen molar-refractivity contribution in [3.05, 3.63) is 30.3 Å². The van der Waals surface area contributed by atoms with Gasteiger partial charge in [0.25, 0.3) is 0 Å². The Balaban J connectivity index is 0.00000392. The van der Waals surface area contributed by atoms with Gasteiger partial charge in [-0.2, -0.15) is 0 Å². The highest BCUT2D eigenvalue weighted by Crippen LogP contribution is 2.16. The van der Waals surface area contributed by atoms with Crippen molar-refractivity contribution in [1.29, 1.82) is 0 Å². The number of benzene rings is 1. The van der Waals surface area contributed by atoms with Crippen molar-refractivity contribution in [3.63, 3.8) is 0 Å². The third-order valence-corrected chi connectivity index (χ3v) is 4.76. The fourth-order valence-electron chi connectivity index (χ4n) is 3.31. The first kappa shape index (κ1) is 23.9. The number of carboxylic acid groups (broad SMARTS) is 1. The van der Waals surface area contributed by atoms with Gasteiger partial charge in [0.1, 0.15) is 0 Å². The van der Waals surface area contributed by atoms with Crippen LogP contribution in [0.3, 0.4) is 0 Å². The molecule has 8 nitrogen and oxygen atoms in total. The Labute approximate surface area is 171 Å². The maximum Gasteiger partial charge on any atom is 0.325 e. The number of urea groups is 1. The molecule has 0 aromatic heterocycles. The van der Waals surface area contributed by atoms with Gasteiger partial charge in [0.2, 0.25) is 5.91 Å². The zero-order chi connectivity index (χ0) is 19.6. The molecule has 0 saturated carbocycles. The Morgan fingerprint density at radius 1 is 1.18 bits per heavy atom. The summed E-state index contributed by atoms with van der Waals surface area (Å²) < 4.78 is 0. The summed E-state index contributed by atoms with van der Waals surface area (Å²) in [5.74, 6) is -1.11. The van der Waals surface area contributed by atoms with Crippen molar-refractivity contribution < 1.29 is 19.5 Å². The number of nitrogens with one attached hydrogen (secondary N) is 2. The molecule has 0 bridgehead atoms. The van der Waals surface area contributed by atoms with Crippen LogP contribution in [0.4, 0.5) is 10.5 Å². The minimum absolute atomic E-state index is 0. The molecule has 0 atom stereocenters. The number of hydrogen-bond donors (Lipinski definition) is 3. The molecule has 3 amide bonds. The number of carboxylic acids is 1. The Morgan fingerprint density at radius 3 is 2.39 bits per heavy atom. The van der Waals surface area contributed by atoms with E-state index in [1.165, 1.54) is 0 Å². The molecule has 2 rings (SSSR count). The summed E-state index contributed by atoms with van der Waals surface area (Å²) in [6.45, 7) is 4.99. The number of halogens is 1. The molecule has 0 spiro atoms. The summed E-state index contributed by atoms with van der Waals surface area (Å²) in [6.07, 6.45) is 2.02. The van der Waals surface area contributed by atoms with Crippen LogP contribution >= 0.6 is 12.4 Å². The van der Waals surface area contributed by atoms with Crippen LogP contribution in [0.2, 0.25) is 0 Å². The van der Waals surface area contributed by atoms with E-state index >= 15 is 0 Å². The van der Waals surface area contributed by atoms with Gasteiger partial charge in [-0.3, -0.25) is 19.8 Å². The standard InChI is InChI=1S/C19H28N4O4.ClH/c1-2-23(14-18(25)26)16-8-11-22(12-9-16)13-10-17(24)21-19(27)20-15-6-4-3-5-7-15;/h3-7,16H,2,8-14H2,1H3,(H,25,26)(H2,20,21,24,27);1H. The first-order chi connectivity index (χ1) is 13.0. The second-order valence-corrected chi connectivity index (χ2v) is 6.65. The Morgan fingerprint density at radius 2 is 1.82 bits per heavy atom.